The smallest absolute Gasteiger partial charge is 0.0794 e. The van der Waals surface area contributed by atoms with Crippen molar-refractivity contribution in [3.8, 4) is 0 Å². The van der Waals surface area contributed by atoms with Crippen molar-refractivity contribution in [3.63, 3.8) is 0 Å². The summed E-state index contributed by atoms with van der Waals surface area (Å²) in [6, 6.07) is 1.63. The predicted octanol–water partition coefficient (Wildman–Crippen LogP) is 2.80. The minimum atomic E-state index is 0.434. The molecule has 2 rings (SSSR count). The Balaban J connectivity index is 2.01. The van der Waals surface area contributed by atoms with Crippen LogP contribution in [-0.2, 0) is 0 Å². The molecule has 1 aromatic rings. The number of rotatable bonds is 4. The summed E-state index contributed by atoms with van der Waals surface area (Å²) in [5.74, 6) is 0. The van der Waals surface area contributed by atoms with Crippen LogP contribution in [0.5, 0.6) is 0 Å². The van der Waals surface area contributed by atoms with E-state index in [0.717, 1.165) is 6.54 Å². The van der Waals surface area contributed by atoms with Crippen LogP contribution in [0.4, 0.5) is 0 Å². The van der Waals surface area contributed by atoms with Crippen molar-refractivity contribution < 1.29 is 0 Å². The zero-order chi connectivity index (χ0) is 12.3. The fourth-order valence-corrected chi connectivity index (χ4v) is 3.57. The first-order chi connectivity index (χ1) is 8.22. The lowest BCUT2D eigenvalue weighted by Crippen LogP contribution is -2.41. The molecule has 0 aliphatic heterocycles. The molecule has 0 radical (unpaired) electrons. The normalized spacial score (nSPS) is 27.3. The summed E-state index contributed by atoms with van der Waals surface area (Å²) in [5.41, 5.74) is 7.91. The number of hydrogen-bond acceptors (Lipinski definition) is 4. The fourth-order valence-electron chi connectivity index (χ4n) is 2.88. The second-order valence-electron chi connectivity index (χ2n) is 4.98. The molecule has 4 heteroatoms. The van der Waals surface area contributed by atoms with Gasteiger partial charge in [0.2, 0.25) is 0 Å². The third-order valence-corrected chi connectivity index (χ3v) is 4.88. The zero-order valence-corrected chi connectivity index (χ0v) is 11.6. The third-order valence-electron chi connectivity index (χ3n) is 3.94. The standard InChI is InChI=1S/C13H23N3S/c1-3-16(10(2)13-8-15-9-17-13)12-6-4-11(14)5-7-12/h8-12H,3-7,14H2,1-2H3. The molecular formula is C13H23N3S. The lowest BCUT2D eigenvalue weighted by Gasteiger charge is -2.38. The molecule has 96 valence electrons. The highest BCUT2D eigenvalue weighted by Crippen LogP contribution is 2.30. The molecule has 1 unspecified atom stereocenters. The van der Waals surface area contributed by atoms with Crippen LogP contribution >= 0.6 is 11.3 Å². The molecule has 1 aliphatic rings. The van der Waals surface area contributed by atoms with Gasteiger partial charge in [0, 0.05) is 29.2 Å². The minimum Gasteiger partial charge on any atom is -0.328 e. The third kappa shape index (κ3) is 3.06. The molecule has 1 aromatic heterocycles. The Hall–Kier alpha value is -0.450. The Bertz CT molecular complexity index is 317. The van der Waals surface area contributed by atoms with Crippen molar-refractivity contribution in [2.45, 2.75) is 57.7 Å². The zero-order valence-electron chi connectivity index (χ0n) is 10.8. The topological polar surface area (TPSA) is 42.1 Å². The molecule has 1 aliphatic carbocycles. The molecule has 0 aromatic carbocycles. The van der Waals surface area contributed by atoms with E-state index in [1.54, 1.807) is 11.3 Å². The maximum atomic E-state index is 5.98. The van der Waals surface area contributed by atoms with E-state index < -0.39 is 0 Å². The van der Waals surface area contributed by atoms with Gasteiger partial charge in [-0.3, -0.25) is 9.88 Å². The van der Waals surface area contributed by atoms with Crippen molar-refractivity contribution in [1.29, 1.82) is 0 Å². The molecule has 0 amide bonds. The molecule has 3 nitrogen and oxygen atoms in total. The van der Waals surface area contributed by atoms with E-state index in [1.165, 1.54) is 30.6 Å². The number of hydrogen-bond donors (Lipinski definition) is 1. The molecule has 1 heterocycles. The van der Waals surface area contributed by atoms with Gasteiger partial charge in [0.15, 0.2) is 0 Å². The van der Waals surface area contributed by atoms with Crippen LogP contribution < -0.4 is 5.73 Å². The largest absolute Gasteiger partial charge is 0.328 e. The average Bonchev–Trinajstić information content (AvgIpc) is 2.86. The van der Waals surface area contributed by atoms with Gasteiger partial charge < -0.3 is 5.73 Å². The van der Waals surface area contributed by atoms with E-state index >= 15 is 0 Å². The van der Waals surface area contributed by atoms with Crippen molar-refractivity contribution in [3.05, 3.63) is 16.6 Å². The monoisotopic (exact) mass is 253 g/mol. The predicted molar refractivity (Wildman–Crippen MR) is 73.1 cm³/mol. The Morgan fingerprint density at radius 2 is 2.18 bits per heavy atom. The van der Waals surface area contributed by atoms with E-state index in [1.807, 2.05) is 11.7 Å². The Morgan fingerprint density at radius 3 is 2.71 bits per heavy atom. The van der Waals surface area contributed by atoms with Crippen molar-refractivity contribution >= 4 is 11.3 Å². The second kappa shape index (κ2) is 5.94. The van der Waals surface area contributed by atoms with Gasteiger partial charge in [0.1, 0.15) is 0 Å². The van der Waals surface area contributed by atoms with Crippen LogP contribution in [0.25, 0.3) is 0 Å². The molecule has 0 spiro atoms. The van der Waals surface area contributed by atoms with Gasteiger partial charge in [0.25, 0.3) is 0 Å². The van der Waals surface area contributed by atoms with Crippen LogP contribution in [0, 0.1) is 0 Å². The maximum absolute atomic E-state index is 5.98. The first kappa shape index (κ1) is 13.0. The maximum Gasteiger partial charge on any atom is 0.0794 e. The first-order valence-electron chi connectivity index (χ1n) is 6.62. The summed E-state index contributed by atoms with van der Waals surface area (Å²) in [5, 5.41) is 0. The highest BCUT2D eigenvalue weighted by Gasteiger charge is 2.27. The van der Waals surface area contributed by atoms with Gasteiger partial charge in [0.05, 0.1) is 5.51 Å². The van der Waals surface area contributed by atoms with Crippen LogP contribution in [0.15, 0.2) is 11.7 Å². The quantitative estimate of drug-likeness (QED) is 0.897. The van der Waals surface area contributed by atoms with Gasteiger partial charge in [-0.25, -0.2) is 0 Å². The minimum absolute atomic E-state index is 0.434. The number of aromatic nitrogens is 1. The van der Waals surface area contributed by atoms with E-state index in [0.29, 0.717) is 18.1 Å². The van der Waals surface area contributed by atoms with E-state index in [4.69, 9.17) is 5.73 Å². The van der Waals surface area contributed by atoms with Crippen LogP contribution in [0.1, 0.15) is 50.4 Å². The first-order valence-corrected chi connectivity index (χ1v) is 7.50. The fraction of sp³-hybridized carbons (Fsp3) is 0.769. The van der Waals surface area contributed by atoms with Crippen LogP contribution in [-0.4, -0.2) is 28.5 Å². The van der Waals surface area contributed by atoms with Gasteiger partial charge in [-0.2, -0.15) is 0 Å². The van der Waals surface area contributed by atoms with Crippen molar-refractivity contribution in [2.24, 2.45) is 5.73 Å². The van der Waals surface area contributed by atoms with Crippen molar-refractivity contribution in [1.82, 2.24) is 9.88 Å². The van der Waals surface area contributed by atoms with Gasteiger partial charge in [-0.1, -0.05) is 6.92 Å². The van der Waals surface area contributed by atoms with Gasteiger partial charge in [-0.05, 0) is 39.2 Å². The SMILES string of the molecule is CCN(C1CCC(N)CC1)C(C)c1cncs1. The highest BCUT2D eigenvalue weighted by molar-refractivity contribution is 7.09. The Kier molecular flexibility index (Phi) is 4.54. The lowest BCUT2D eigenvalue weighted by atomic mass is 9.90. The highest BCUT2D eigenvalue weighted by atomic mass is 32.1. The Labute approximate surface area is 108 Å². The summed E-state index contributed by atoms with van der Waals surface area (Å²) >= 11 is 1.76. The molecule has 0 saturated heterocycles. The van der Waals surface area contributed by atoms with E-state index in [-0.39, 0.29) is 0 Å². The lowest BCUT2D eigenvalue weighted by molar-refractivity contribution is 0.116. The molecule has 0 bridgehead atoms. The molecule has 1 fully saturated rings. The van der Waals surface area contributed by atoms with Gasteiger partial charge >= 0.3 is 0 Å². The Morgan fingerprint density at radius 1 is 1.47 bits per heavy atom. The molecule has 2 N–H and O–H groups in total. The summed E-state index contributed by atoms with van der Waals surface area (Å²) in [6.07, 6.45) is 6.86. The van der Waals surface area contributed by atoms with Crippen molar-refractivity contribution in [2.75, 3.05) is 6.54 Å². The van der Waals surface area contributed by atoms with Gasteiger partial charge in [-0.15, -0.1) is 11.3 Å². The molecule has 1 atom stereocenters. The molecule has 17 heavy (non-hydrogen) atoms. The molecular weight excluding hydrogens is 230 g/mol. The van der Waals surface area contributed by atoms with Crippen LogP contribution in [0.2, 0.25) is 0 Å². The summed E-state index contributed by atoms with van der Waals surface area (Å²) in [7, 11) is 0. The van der Waals surface area contributed by atoms with E-state index in [2.05, 4.69) is 23.7 Å². The summed E-state index contributed by atoms with van der Waals surface area (Å²) < 4.78 is 0. The number of nitrogens with two attached hydrogens (primary N) is 1. The van der Waals surface area contributed by atoms with Crippen LogP contribution in [0.3, 0.4) is 0 Å². The summed E-state index contributed by atoms with van der Waals surface area (Å²) in [4.78, 5) is 8.18. The second-order valence-corrected chi connectivity index (χ2v) is 5.90. The average molecular weight is 253 g/mol. The van der Waals surface area contributed by atoms with E-state index in [9.17, 15) is 0 Å². The number of nitrogens with zero attached hydrogens (tertiary/aromatic N) is 2. The summed E-state index contributed by atoms with van der Waals surface area (Å²) in [6.45, 7) is 5.66. The molecule has 1 saturated carbocycles. The number of thiazole rings is 1.